The molecule has 0 saturated carbocycles. The molecule has 3 N–H and O–H groups in total. The second kappa shape index (κ2) is 6.86. The Morgan fingerprint density at radius 2 is 2.31 bits per heavy atom. The predicted molar refractivity (Wildman–Crippen MR) is 66.2 cm³/mol. The number of nitrogens with zero attached hydrogens (tertiary/aromatic N) is 1. The van der Waals surface area contributed by atoms with Crippen molar-refractivity contribution in [3.8, 4) is 0 Å². The second-order valence-corrected chi connectivity index (χ2v) is 4.72. The standard InChI is InChI=1S/C12H25N3O/c1-3-4-5-7-14-12(16)10(2)15-8-6-11(13)9-15/h10-11H,3-9,13H2,1-2H3,(H,14,16). The van der Waals surface area contributed by atoms with Crippen LogP contribution in [0.15, 0.2) is 0 Å². The summed E-state index contributed by atoms with van der Waals surface area (Å²) in [4.78, 5) is 14.0. The maximum Gasteiger partial charge on any atom is 0.237 e. The van der Waals surface area contributed by atoms with Gasteiger partial charge in [-0.15, -0.1) is 0 Å². The highest BCUT2D eigenvalue weighted by Gasteiger charge is 2.27. The van der Waals surface area contributed by atoms with Crippen LogP contribution in [0.2, 0.25) is 0 Å². The van der Waals surface area contributed by atoms with E-state index in [1.807, 2.05) is 6.92 Å². The van der Waals surface area contributed by atoms with Crippen molar-refractivity contribution in [1.29, 1.82) is 0 Å². The van der Waals surface area contributed by atoms with Crippen LogP contribution in [0.5, 0.6) is 0 Å². The fourth-order valence-corrected chi connectivity index (χ4v) is 2.07. The Morgan fingerprint density at radius 3 is 2.88 bits per heavy atom. The number of amides is 1. The lowest BCUT2D eigenvalue weighted by atomic mass is 10.2. The largest absolute Gasteiger partial charge is 0.355 e. The van der Waals surface area contributed by atoms with Gasteiger partial charge >= 0.3 is 0 Å². The fourth-order valence-electron chi connectivity index (χ4n) is 2.07. The Labute approximate surface area is 98.6 Å². The predicted octanol–water partition coefficient (Wildman–Crippen LogP) is 0.714. The van der Waals surface area contributed by atoms with Gasteiger partial charge in [0.1, 0.15) is 0 Å². The van der Waals surface area contributed by atoms with Gasteiger partial charge in [-0.1, -0.05) is 19.8 Å². The Bertz CT molecular complexity index is 220. The number of carbonyl (C=O) groups excluding carboxylic acids is 1. The van der Waals surface area contributed by atoms with Crippen LogP contribution in [0, 0.1) is 0 Å². The van der Waals surface area contributed by atoms with Crippen molar-refractivity contribution in [2.45, 2.75) is 51.6 Å². The monoisotopic (exact) mass is 227 g/mol. The summed E-state index contributed by atoms with van der Waals surface area (Å²) in [6, 6.07) is 0.213. The number of nitrogens with one attached hydrogen (secondary N) is 1. The molecule has 1 aliphatic rings. The van der Waals surface area contributed by atoms with Gasteiger partial charge in [-0.3, -0.25) is 9.69 Å². The van der Waals surface area contributed by atoms with Gasteiger partial charge in [0.25, 0.3) is 0 Å². The van der Waals surface area contributed by atoms with Crippen molar-refractivity contribution in [2.24, 2.45) is 5.73 Å². The number of unbranched alkanes of at least 4 members (excludes halogenated alkanes) is 2. The zero-order chi connectivity index (χ0) is 12.0. The lowest BCUT2D eigenvalue weighted by molar-refractivity contribution is -0.125. The van der Waals surface area contributed by atoms with Gasteiger partial charge in [-0.2, -0.15) is 0 Å². The van der Waals surface area contributed by atoms with Crippen LogP contribution >= 0.6 is 0 Å². The SMILES string of the molecule is CCCCCNC(=O)C(C)N1CCC(N)C1. The summed E-state index contributed by atoms with van der Waals surface area (Å²) >= 11 is 0. The highest BCUT2D eigenvalue weighted by atomic mass is 16.2. The van der Waals surface area contributed by atoms with Crippen LogP contribution in [0.25, 0.3) is 0 Å². The fraction of sp³-hybridized carbons (Fsp3) is 0.917. The molecule has 1 heterocycles. The molecule has 4 nitrogen and oxygen atoms in total. The summed E-state index contributed by atoms with van der Waals surface area (Å²) in [5.41, 5.74) is 5.83. The van der Waals surface area contributed by atoms with E-state index < -0.39 is 0 Å². The minimum Gasteiger partial charge on any atom is -0.355 e. The van der Waals surface area contributed by atoms with Crippen molar-refractivity contribution in [3.63, 3.8) is 0 Å². The van der Waals surface area contributed by atoms with Gasteiger partial charge in [0.15, 0.2) is 0 Å². The number of hydrogen-bond acceptors (Lipinski definition) is 3. The number of nitrogens with two attached hydrogens (primary N) is 1. The van der Waals surface area contributed by atoms with E-state index in [0.29, 0.717) is 0 Å². The summed E-state index contributed by atoms with van der Waals surface area (Å²) in [6.45, 7) is 6.73. The molecule has 0 radical (unpaired) electrons. The van der Waals surface area contributed by atoms with E-state index >= 15 is 0 Å². The summed E-state index contributed by atoms with van der Waals surface area (Å²) in [7, 11) is 0. The van der Waals surface area contributed by atoms with Crippen molar-refractivity contribution < 1.29 is 4.79 Å². The van der Waals surface area contributed by atoms with Gasteiger partial charge in [0.05, 0.1) is 6.04 Å². The second-order valence-electron chi connectivity index (χ2n) is 4.72. The molecular weight excluding hydrogens is 202 g/mol. The Kier molecular flexibility index (Phi) is 5.77. The van der Waals surface area contributed by atoms with Crippen molar-refractivity contribution in [3.05, 3.63) is 0 Å². The van der Waals surface area contributed by atoms with E-state index in [9.17, 15) is 4.79 Å². The molecule has 2 unspecified atom stereocenters. The molecule has 0 bridgehead atoms. The quantitative estimate of drug-likeness (QED) is 0.657. The van der Waals surface area contributed by atoms with Crippen LogP contribution in [0.4, 0.5) is 0 Å². The third-order valence-electron chi connectivity index (χ3n) is 3.26. The van der Waals surface area contributed by atoms with Gasteiger partial charge < -0.3 is 11.1 Å². The first-order chi connectivity index (χ1) is 7.65. The Balaban J connectivity index is 2.20. The molecular formula is C12H25N3O. The Morgan fingerprint density at radius 1 is 1.56 bits per heavy atom. The lowest BCUT2D eigenvalue weighted by Gasteiger charge is -2.23. The summed E-state index contributed by atoms with van der Waals surface area (Å²) in [6.07, 6.45) is 4.46. The molecule has 2 atom stereocenters. The normalized spacial score (nSPS) is 23.3. The lowest BCUT2D eigenvalue weighted by Crippen LogP contribution is -2.45. The summed E-state index contributed by atoms with van der Waals surface area (Å²) in [5, 5.41) is 2.99. The average molecular weight is 227 g/mol. The molecule has 1 amide bonds. The molecule has 0 aromatic heterocycles. The third kappa shape index (κ3) is 4.10. The zero-order valence-corrected chi connectivity index (χ0v) is 10.5. The smallest absolute Gasteiger partial charge is 0.237 e. The molecule has 16 heavy (non-hydrogen) atoms. The van der Waals surface area contributed by atoms with Crippen LogP contribution in [-0.2, 0) is 4.79 Å². The molecule has 1 rings (SSSR count). The van der Waals surface area contributed by atoms with E-state index in [4.69, 9.17) is 5.73 Å². The van der Waals surface area contributed by atoms with Gasteiger partial charge in [-0.05, 0) is 19.8 Å². The average Bonchev–Trinajstić information content (AvgIpc) is 2.70. The van der Waals surface area contributed by atoms with Crippen molar-refractivity contribution in [1.82, 2.24) is 10.2 Å². The van der Waals surface area contributed by atoms with Crippen molar-refractivity contribution >= 4 is 5.91 Å². The third-order valence-corrected chi connectivity index (χ3v) is 3.26. The van der Waals surface area contributed by atoms with E-state index in [2.05, 4.69) is 17.1 Å². The molecule has 0 aromatic rings. The number of likely N-dealkylation sites (tertiary alicyclic amines) is 1. The number of carbonyl (C=O) groups is 1. The first-order valence-corrected chi connectivity index (χ1v) is 6.42. The van der Waals surface area contributed by atoms with Gasteiger partial charge in [0, 0.05) is 25.7 Å². The molecule has 0 spiro atoms. The van der Waals surface area contributed by atoms with Gasteiger partial charge in [0.2, 0.25) is 5.91 Å². The van der Waals surface area contributed by atoms with E-state index in [-0.39, 0.29) is 18.0 Å². The Hall–Kier alpha value is -0.610. The minimum absolute atomic E-state index is 0.0322. The van der Waals surface area contributed by atoms with E-state index in [0.717, 1.165) is 32.5 Å². The van der Waals surface area contributed by atoms with Crippen molar-refractivity contribution in [2.75, 3.05) is 19.6 Å². The van der Waals surface area contributed by atoms with Crippen LogP contribution in [-0.4, -0.2) is 42.5 Å². The molecule has 1 aliphatic heterocycles. The maximum atomic E-state index is 11.8. The molecule has 0 aromatic carbocycles. The number of hydrogen-bond donors (Lipinski definition) is 2. The highest BCUT2D eigenvalue weighted by molar-refractivity contribution is 5.81. The molecule has 0 aliphatic carbocycles. The van der Waals surface area contributed by atoms with Crippen LogP contribution < -0.4 is 11.1 Å². The molecule has 1 saturated heterocycles. The van der Waals surface area contributed by atoms with E-state index in [1.54, 1.807) is 0 Å². The number of rotatable bonds is 6. The first-order valence-electron chi connectivity index (χ1n) is 6.42. The summed E-state index contributed by atoms with van der Waals surface area (Å²) < 4.78 is 0. The van der Waals surface area contributed by atoms with Crippen LogP contribution in [0.1, 0.15) is 39.5 Å². The molecule has 4 heteroatoms. The minimum atomic E-state index is -0.0322. The van der Waals surface area contributed by atoms with Crippen LogP contribution in [0.3, 0.4) is 0 Å². The highest BCUT2D eigenvalue weighted by Crippen LogP contribution is 2.10. The van der Waals surface area contributed by atoms with E-state index in [1.165, 1.54) is 12.8 Å². The van der Waals surface area contributed by atoms with Gasteiger partial charge in [-0.25, -0.2) is 0 Å². The molecule has 94 valence electrons. The summed E-state index contributed by atoms with van der Waals surface area (Å²) in [5.74, 6) is 0.144. The maximum absolute atomic E-state index is 11.8. The first kappa shape index (κ1) is 13.5. The molecule has 1 fully saturated rings. The zero-order valence-electron chi connectivity index (χ0n) is 10.5. The topological polar surface area (TPSA) is 58.4 Å².